The fourth-order valence-corrected chi connectivity index (χ4v) is 3.28. The summed E-state index contributed by atoms with van der Waals surface area (Å²) < 4.78 is 46.1. The highest BCUT2D eigenvalue weighted by atomic mass is 19.3. The molecule has 8 heteroatoms. The molecule has 1 aromatic heterocycles. The summed E-state index contributed by atoms with van der Waals surface area (Å²) in [5, 5.41) is 4.79. The molecular weight excluding hydrogens is 383 g/mol. The average molecular weight is 401 g/mol. The number of rotatable bonds is 7. The second kappa shape index (κ2) is 8.27. The summed E-state index contributed by atoms with van der Waals surface area (Å²) >= 11 is 0. The number of alkyl halides is 2. The Balaban J connectivity index is 2.40. The van der Waals surface area contributed by atoms with Gasteiger partial charge in [0.25, 0.3) is 0 Å². The van der Waals surface area contributed by atoms with Crippen molar-refractivity contribution in [3.8, 4) is 29.4 Å². The molecule has 0 saturated heterocycles. The number of nitrogens with zero attached hydrogens (tertiary/aromatic N) is 2. The summed E-state index contributed by atoms with van der Waals surface area (Å²) in [6, 6.07) is 6.75. The Kier molecular flexibility index (Phi) is 5.78. The van der Waals surface area contributed by atoms with Gasteiger partial charge < -0.3 is 10.5 Å². The maximum atomic E-state index is 14.0. The normalized spacial score (nSPS) is 11.0. The molecule has 0 bridgehead atoms. The molecule has 0 aliphatic rings. The Morgan fingerprint density at radius 3 is 2.72 bits per heavy atom. The molecule has 3 rings (SSSR count). The van der Waals surface area contributed by atoms with Gasteiger partial charge in [0, 0.05) is 16.5 Å². The largest absolute Gasteiger partial charge is 0.433 e. The van der Waals surface area contributed by atoms with E-state index in [4.69, 9.17) is 16.9 Å². The van der Waals surface area contributed by atoms with Crippen LogP contribution in [0.4, 0.5) is 13.2 Å². The maximum Gasteiger partial charge on any atom is 0.387 e. The summed E-state index contributed by atoms with van der Waals surface area (Å²) in [7, 11) is 0. The van der Waals surface area contributed by atoms with Crippen molar-refractivity contribution in [2.24, 2.45) is 5.73 Å². The van der Waals surface area contributed by atoms with Crippen LogP contribution in [0.25, 0.3) is 22.2 Å². The van der Waals surface area contributed by atoms with Gasteiger partial charge in [-0.15, -0.1) is 6.42 Å². The smallest absolute Gasteiger partial charge is 0.387 e. The van der Waals surface area contributed by atoms with Crippen LogP contribution in [-0.4, -0.2) is 22.3 Å². The molecule has 0 spiro atoms. The summed E-state index contributed by atoms with van der Waals surface area (Å²) in [6.07, 6.45) is 6.76. The third-order valence-corrected chi connectivity index (χ3v) is 4.37. The van der Waals surface area contributed by atoms with Crippen molar-refractivity contribution in [2.45, 2.75) is 32.9 Å². The molecule has 0 atom stereocenters. The van der Waals surface area contributed by atoms with Gasteiger partial charge in [-0.1, -0.05) is 19.3 Å². The van der Waals surface area contributed by atoms with Crippen LogP contribution in [0.5, 0.6) is 5.75 Å². The van der Waals surface area contributed by atoms with Gasteiger partial charge >= 0.3 is 6.61 Å². The number of primary amides is 1. The van der Waals surface area contributed by atoms with E-state index in [0.29, 0.717) is 11.8 Å². The Morgan fingerprint density at radius 2 is 2.10 bits per heavy atom. The number of hydrogen-bond donors (Lipinski definition) is 1. The second-order valence-corrected chi connectivity index (χ2v) is 6.38. The van der Waals surface area contributed by atoms with Gasteiger partial charge in [-0.2, -0.15) is 13.9 Å². The molecule has 2 aromatic carbocycles. The van der Waals surface area contributed by atoms with Crippen LogP contribution in [0.3, 0.4) is 0 Å². The Labute approximate surface area is 165 Å². The number of halogens is 3. The summed E-state index contributed by atoms with van der Waals surface area (Å²) in [4.78, 5) is 11.9. The van der Waals surface area contributed by atoms with Crippen LogP contribution in [-0.2, 0) is 13.0 Å². The van der Waals surface area contributed by atoms with Crippen molar-refractivity contribution in [3.05, 3.63) is 47.3 Å². The molecule has 0 aliphatic carbocycles. The highest BCUT2D eigenvalue weighted by Crippen LogP contribution is 2.37. The molecule has 0 aliphatic heterocycles. The molecule has 0 radical (unpaired) electrons. The van der Waals surface area contributed by atoms with Crippen LogP contribution in [0.2, 0.25) is 0 Å². The third kappa shape index (κ3) is 4.04. The lowest BCUT2D eigenvalue weighted by Gasteiger charge is -2.11. The first-order chi connectivity index (χ1) is 13.8. The van der Waals surface area contributed by atoms with E-state index in [2.05, 4.69) is 11.0 Å². The van der Waals surface area contributed by atoms with Gasteiger partial charge in [0.2, 0.25) is 5.91 Å². The zero-order valence-electron chi connectivity index (χ0n) is 15.6. The number of fused-ring (bicyclic) bond motifs is 1. The zero-order chi connectivity index (χ0) is 21.1. The maximum absolute atomic E-state index is 14.0. The molecule has 2 N–H and O–H groups in total. The first kappa shape index (κ1) is 20.3. The topological polar surface area (TPSA) is 70.1 Å². The number of ether oxygens (including phenoxy) is 1. The van der Waals surface area contributed by atoms with Crippen molar-refractivity contribution >= 4 is 16.8 Å². The summed E-state index contributed by atoms with van der Waals surface area (Å²) in [5.41, 5.74) is 6.81. The minimum absolute atomic E-state index is 0.0373. The number of hydrogen-bond acceptors (Lipinski definition) is 3. The van der Waals surface area contributed by atoms with Crippen LogP contribution in [0.15, 0.2) is 30.3 Å². The molecule has 0 fully saturated rings. The summed E-state index contributed by atoms with van der Waals surface area (Å²) in [5.74, 6) is 0.942. The quantitative estimate of drug-likeness (QED) is 0.605. The van der Waals surface area contributed by atoms with E-state index in [1.165, 1.54) is 16.8 Å². The molecule has 29 heavy (non-hydrogen) atoms. The molecule has 1 heterocycles. The Bertz CT molecular complexity index is 1120. The minimum atomic E-state index is -3.05. The van der Waals surface area contributed by atoms with Gasteiger partial charge in [-0.25, -0.2) is 9.07 Å². The number of amides is 1. The molecule has 150 valence electrons. The molecule has 0 saturated carbocycles. The second-order valence-electron chi connectivity index (χ2n) is 6.38. The van der Waals surface area contributed by atoms with Gasteiger partial charge in [0.1, 0.15) is 23.6 Å². The number of aryl methyl sites for hydroxylation is 1. The van der Waals surface area contributed by atoms with E-state index >= 15 is 0 Å². The standard InChI is InChI=1S/C21H18F3N3O2/c1-3-5-12-9-16-18(15-11-13(22)6-7-14(15)20(25)28)26-27(8-4-2)19(16)17(10-12)29-21(23)24/h2,6-7,9-11,21H,3,5,8H2,1H3,(H2,25,28). The van der Waals surface area contributed by atoms with E-state index < -0.39 is 18.3 Å². The fraction of sp³-hybridized carbons (Fsp3) is 0.238. The SMILES string of the molecule is C#CCn1nc(-c2cc(F)ccc2C(N)=O)c2cc(CCC)cc(OC(F)F)c21. The lowest BCUT2D eigenvalue weighted by atomic mass is 9.99. The fourth-order valence-electron chi connectivity index (χ4n) is 3.28. The van der Waals surface area contributed by atoms with Crippen LogP contribution < -0.4 is 10.5 Å². The molecule has 1 amide bonds. The van der Waals surface area contributed by atoms with Crippen molar-refractivity contribution in [1.82, 2.24) is 9.78 Å². The predicted molar refractivity (Wildman–Crippen MR) is 103 cm³/mol. The molecule has 3 aromatic rings. The van der Waals surface area contributed by atoms with E-state index in [0.717, 1.165) is 24.1 Å². The zero-order valence-corrected chi connectivity index (χ0v) is 15.6. The van der Waals surface area contributed by atoms with E-state index in [-0.39, 0.29) is 34.6 Å². The van der Waals surface area contributed by atoms with Crippen molar-refractivity contribution in [3.63, 3.8) is 0 Å². The highest BCUT2D eigenvalue weighted by molar-refractivity contribution is 6.05. The van der Waals surface area contributed by atoms with E-state index in [9.17, 15) is 18.0 Å². The number of terminal acetylenes is 1. The van der Waals surface area contributed by atoms with Gasteiger partial charge in [0.15, 0.2) is 5.75 Å². The Hall–Kier alpha value is -3.47. The number of carbonyl (C=O) groups excluding carboxylic acids is 1. The van der Waals surface area contributed by atoms with E-state index in [1.807, 2.05) is 6.92 Å². The monoisotopic (exact) mass is 401 g/mol. The number of carbonyl (C=O) groups is 1. The number of benzene rings is 2. The van der Waals surface area contributed by atoms with Gasteiger partial charge in [-0.3, -0.25) is 4.79 Å². The predicted octanol–water partition coefficient (Wildman–Crippen LogP) is 4.13. The first-order valence-corrected chi connectivity index (χ1v) is 8.87. The molecular formula is C21H18F3N3O2. The molecule has 0 unspecified atom stereocenters. The van der Waals surface area contributed by atoms with Gasteiger partial charge in [0.05, 0.1) is 0 Å². The number of nitrogens with two attached hydrogens (primary N) is 1. The van der Waals surface area contributed by atoms with Crippen molar-refractivity contribution in [2.75, 3.05) is 0 Å². The van der Waals surface area contributed by atoms with Crippen LogP contribution in [0.1, 0.15) is 29.3 Å². The Morgan fingerprint density at radius 1 is 1.34 bits per heavy atom. The average Bonchev–Trinajstić information content (AvgIpc) is 3.00. The van der Waals surface area contributed by atoms with Crippen LogP contribution >= 0.6 is 0 Å². The molecule has 5 nitrogen and oxygen atoms in total. The highest BCUT2D eigenvalue weighted by Gasteiger charge is 2.22. The lowest BCUT2D eigenvalue weighted by Crippen LogP contribution is -2.12. The first-order valence-electron chi connectivity index (χ1n) is 8.87. The summed E-state index contributed by atoms with van der Waals surface area (Å²) in [6.45, 7) is -1.15. The van der Waals surface area contributed by atoms with E-state index in [1.54, 1.807) is 6.07 Å². The van der Waals surface area contributed by atoms with Crippen molar-refractivity contribution < 1.29 is 22.7 Å². The van der Waals surface area contributed by atoms with Gasteiger partial charge in [-0.05, 0) is 42.3 Å². The minimum Gasteiger partial charge on any atom is -0.433 e. The lowest BCUT2D eigenvalue weighted by molar-refractivity contribution is -0.0490. The third-order valence-electron chi connectivity index (χ3n) is 4.37. The van der Waals surface area contributed by atoms with Crippen molar-refractivity contribution in [1.29, 1.82) is 0 Å². The number of aromatic nitrogens is 2. The van der Waals surface area contributed by atoms with Crippen LogP contribution in [0, 0.1) is 18.2 Å².